The molecule has 0 saturated heterocycles. The number of aromatic nitrogens is 4. The first-order chi connectivity index (χ1) is 17.9. The summed E-state index contributed by atoms with van der Waals surface area (Å²) in [4.78, 5) is 35.0. The maximum Gasteiger partial charge on any atom is 0.277 e. The minimum absolute atomic E-state index is 0.132. The Labute approximate surface area is 213 Å². The summed E-state index contributed by atoms with van der Waals surface area (Å²) in [7, 11) is 0. The minimum atomic E-state index is -0.349. The Bertz CT molecular complexity index is 1640. The van der Waals surface area contributed by atoms with Crippen molar-refractivity contribution in [1.82, 2.24) is 19.1 Å². The molecule has 0 aliphatic heterocycles. The van der Waals surface area contributed by atoms with E-state index in [2.05, 4.69) is 15.3 Å². The van der Waals surface area contributed by atoms with Crippen molar-refractivity contribution in [3.63, 3.8) is 0 Å². The highest BCUT2D eigenvalue weighted by Gasteiger charge is 2.17. The molecular formula is C29H26FN5O2. The summed E-state index contributed by atoms with van der Waals surface area (Å²) in [5.41, 5.74) is 2.96. The number of carbonyl (C=O) groups excluding carboxylic acids is 1. The third kappa shape index (κ3) is 4.91. The van der Waals surface area contributed by atoms with E-state index in [-0.39, 0.29) is 35.4 Å². The topological polar surface area (TPSA) is 81.8 Å². The van der Waals surface area contributed by atoms with E-state index in [0.717, 1.165) is 27.7 Å². The molecule has 5 aromatic rings. The Kier molecular flexibility index (Phi) is 6.64. The second-order valence-electron chi connectivity index (χ2n) is 8.99. The summed E-state index contributed by atoms with van der Waals surface area (Å²) in [6.45, 7) is 3.93. The number of benzene rings is 2. The van der Waals surface area contributed by atoms with Crippen LogP contribution in [-0.2, 0) is 11.3 Å². The summed E-state index contributed by atoms with van der Waals surface area (Å²) < 4.78 is 17.1. The molecule has 186 valence electrons. The van der Waals surface area contributed by atoms with Gasteiger partial charge in [0.1, 0.15) is 17.3 Å². The fourth-order valence-corrected chi connectivity index (χ4v) is 4.20. The van der Waals surface area contributed by atoms with Crippen molar-refractivity contribution < 1.29 is 9.18 Å². The van der Waals surface area contributed by atoms with Gasteiger partial charge in [0.05, 0.1) is 30.1 Å². The molecule has 7 nitrogen and oxygen atoms in total. The van der Waals surface area contributed by atoms with Crippen LogP contribution in [0.2, 0.25) is 0 Å². The molecule has 1 N–H and O–H groups in total. The van der Waals surface area contributed by atoms with Crippen LogP contribution < -0.4 is 10.9 Å². The molecule has 0 fully saturated rings. The van der Waals surface area contributed by atoms with E-state index in [0.29, 0.717) is 12.2 Å². The van der Waals surface area contributed by atoms with Crippen molar-refractivity contribution in [2.75, 3.05) is 5.32 Å². The predicted molar refractivity (Wildman–Crippen MR) is 142 cm³/mol. The molecule has 0 spiro atoms. The Morgan fingerprint density at radius 3 is 2.65 bits per heavy atom. The number of halogens is 1. The number of rotatable bonds is 7. The normalized spacial score (nSPS) is 12.0. The number of anilines is 1. The summed E-state index contributed by atoms with van der Waals surface area (Å²) in [5, 5.41) is 3.52. The molecule has 37 heavy (non-hydrogen) atoms. The number of hydrogen-bond donors (Lipinski definition) is 1. The number of carbonyl (C=O) groups is 1. The average Bonchev–Trinajstić information content (AvgIpc) is 3.34. The molecule has 1 atom stereocenters. The van der Waals surface area contributed by atoms with Crippen molar-refractivity contribution in [2.24, 2.45) is 5.92 Å². The smallest absolute Gasteiger partial charge is 0.277 e. The van der Waals surface area contributed by atoms with Gasteiger partial charge in [0.2, 0.25) is 5.91 Å². The van der Waals surface area contributed by atoms with Crippen molar-refractivity contribution in [3.05, 3.63) is 107 Å². The molecule has 3 heterocycles. The van der Waals surface area contributed by atoms with Crippen LogP contribution in [0.5, 0.6) is 0 Å². The third-order valence-corrected chi connectivity index (χ3v) is 6.45. The van der Waals surface area contributed by atoms with Crippen LogP contribution in [0.4, 0.5) is 10.1 Å². The second-order valence-corrected chi connectivity index (χ2v) is 8.99. The van der Waals surface area contributed by atoms with E-state index in [1.54, 1.807) is 23.0 Å². The zero-order valence-corrected chi connectivity index (χ0v) is 20.6. The van der Waals surface area contributed by atoms with E-state index in [4.69, 9.17) is 0 Å². The number of fused-ring (bicyclic) bond motifs is 1. The first kappa shape index (κ1) is 24.1. The molecule has 3 aromatic heterocycles. The lowest BCUT2D eigenvalue weighted by molar-refractivity contribution is -0.119. The zero-order valence-electron chi connectivity index (χ0n) is 20.6. The molecular weight excluding hydrogens is 469 g/mol. The molecule has 8 heteroatoms. The van der Waals surface area contributed by atoms with Gasteiger partial charge in [-0.15, -0.1) is 0 Å². The van der Waals surface area contributed by atoms with Crippen LogP contribution in [0, 0.1) is 11.7 Å². The van der Waals surface area contributed by atoms with Crippen molar-refractivity contribution in [3.8, 4) is 17.1 Å². The number of amides is 1. The van der Waals surface area contributed by atoms with Crippen LogP contribution >= 0.6 is 0 Å². The van der Waals surface area contributed by atoms with Gasteiger partial charge in [-0.1, -0.05) is 44.2 Å². The van der Waals surface area contributed by atoms with Crippen molar-refractivity contribution in [2.45, 2.75) is 26.8 Å². The minimum Gasteiger partial charge on any atom is -0.320 e. The lowest BCUT2D eigenvalue weighted by Crippen LogP contribution is -2.30. The highest BCUT2D eigenvalue weighted by Crippen LogP contribution is 2.23. The van der Waals surface area contributed by atoms with E-state index in [9.17, 15) is 14.0 Å². The second kappa shape index (κ2) is 10.2. The Balaban J connectivity index is 1.56. The van der Waals surface area contributed by atoms with Gasteiger partial charge in [0.25, 0.3) is 5.56 Å². The lowest BCUT2D eigenvalue weighted by atomic mass is 10.1. The third-order valence-electron chi connectivity index (χ3n) is 6.45. The molecule has 0 aliphatic carbocycles. The van der Waals surface area contributed by atoms with Crippen molar-refractivity contribution >= 4 is 22.5 Å². The number of nitrogens with zero attached hydrogens (tertiary/aromatic N) is 4. The summed E-state index contributed by atoms with van der Waals surface area (Å²) in [6.07, 6.45) is 7.35. The number of pyridine rings is 1. The molecule has 0 bridgehead atoms. The summed E-state index contributed by atoms with van der Waals surface area (Å²) in [6, 6.07) is 17.8. The first-order valence-electron chi connectivity index (χ1n) is 12.1. The quantitative estimate of drug-likeness (QED) is 0.327. The van der Waals surface area contributed by atoms with Crippen LogP contribution in [-0.4, -0.2) is 25.0 Å². The van der Waals surface area contributed by atoms with Gasteiger partial charge in [0.15, 0.2) is 0 Å². The van der Waals surface area contributed by atoms with E-state index < -0.39 is 0 Å². The summed E-state index contributed by atoms with van der Waals surface area (Å²) >= 11 is 0. The maximum absolute atomic E-state index is 13.7. The summed E-state index contributed by atoms with van der Waals surface area (Å²) in [5.74, 6) is -0.260. The van der Waals surface area contributed by atoms with Gasteiger partial charge in [-0.05, 0) is 42.3 Å². The van der Waals surface area contributed by atoms with E-state index in [1.807, 2.05) is 67.1 Å². The Hall–Kier alpha value is -4.59. The predicted octanol–water partition coefficient (Wildman–Crippen LogP) is 5.42. The zero-order chi connectivity index (χ0) is 25.9. The lowest BCUT2D eigenvalue weighted by Gasteiger charge is -2.16. The first-order valence-corrected chi connectivity index (χ1v) is 12.1. The van der Waals surface area contributed by atoms with Crippen LogP contribution in [0.25, 0.3) is 28.0 Å². The molecule has 1 amide bonds. The fourth-order valence-electron chi connectivity index (χ4n) is 4.20. The molecule has 5 rings (SSSR count). The van der Waals surface area contributed by atoms with Crippen molar-refractivity contribution in [1.29, 1.82) is 0 Å². The van der Waals surface area contributed by atoms with Gasteiger partial charge in [0, 0.05) is 29.3 Å². The van der Waals surface area contributed by atoms with Gasteiger partial charge in [-0.2, -0.15) is 0 Å². The van der Waals surface area contributed by atoms with Crippen LogP contribution in [0.15, 0.2) is 90.2 Å². The van der Waals surface area contributed by atoms with Gasteiger partial charge >= 0.3 is 0 Å². The maximum atomic E-state index is 13.7. The molecule has 0 saturated carbocycles. The molecule has 0 aliphatic rings. The van der Waals surface area contributed by atoms with E-state index >= 15 is 0 Å². The fraction of sp³-hybridized carbons (Fsp3) is 0.172. The highest BCUT2D eigenvalue weighted by atomic mass is 19.1. The number of nitrogens with one attached hydrogen (secondary N) is 1. The SMILES string of the molecule is CC[C@@H](C)C(=O)Nc1cnc(-c2ccccc2)n(Cc2cncc(-n3ccc4cc(F)ccc43)c2)c1=O. The number of hydrogen-bond acceptors (Lipinski definition) is 4. The monoisotopic (exact) mass is 495 g/mol. The van der Waals surface area contributed by atoms with Crippen LogP contribution in [0.3, 0.4) is 0 Å². The highest BCUT2D eigenvalue weighted by molar-refractivity contribution is 5.92. The Morgan fingerprint density at radius 1 is 1.05 bits per heavy atom. The van der Waals surface area contributed by atoms with Gasteiger partial charge in [-0.3, -0.25) is 19.1 Å². The average molecular weight is 496 g/mol. The Morgan fingerprint density at radius 2 is 1.86 bits per heavy atom. The van der Waals surface area contributed by atoms with E-state index in [1.165, 1.54) is 18.3 Å². The van der Waals surface area contributed by atoms with Gasteiger partial charge in [-0.25, -0.2) is 9.37 Å². The largest absolute Gasteiger partial charge is 0.320 e. The molecule has 0 unspecified atom stereocenters. The van der Waals surface area contributed by atoms with Crippen LogP contribution in [0.1, 0.15) is 25.8 Å². The standard InChI is InChI=1S/C29H26FN5O2/c1-3-19(2)28(36)33-25-17-32-27(21-7-5-4-6-8-21)35(29(25)37)18-20-13-24(16-31-15-20)34-12-11-22-14-23(30)9-10-26(22)34/h4-17,19H,3,18H2,1-2H3,(H,33,36)/t19-/m1/s1. The molecule has 0 radical (unpaired) electrons. The van der Waals surface area contributed by atoms with Gasteiger partial charge < -0.3 is 9.88 Å². The molecule has 2 aromatic carbocycles.